The molecule has 0 atom stereocenters. The van der Waals surface area contributed by atoms with Gasteiger partial charge in [0.2, 0.25) is 6.79 Å². The molecule has 0 unspecified atom stereocenters. The first-order valence-electron chi connectivity index (χ1n) is 10.2. The van der Waals surface area contributed by atoms with Gasteiger partial charge in [-0.25, -0.2) is 4.98 Å². The fourth-order valence-corrected chi connectivity index (χ4v) is 3.74. The number of benzene rings is 3. The molecule has 156 valence electrons. The Morgan fingerprint density at radius 1 is 0.903 bits per heavy atom. The SMILES string of the molecule is Nc1cccc(-c2ccc(OCCNCc3ccc4c(c3)OCO4)c3ccccc23)n1. The minimum Gasteiger partial charge on any atom is -0.492 e. The molecule has 0 bridgehead atoms. The Morgan fingerprint density at radius 3 is 2.68 bits per heavy atom. The van der Waals surface area contributed by atoms with Gasteiger partial charge in [-0.2, -0.15) is 0 Å². The normalized spacial score (nSPS) is 12.3. The fraction of sp³-hybridized carbons (Fsp3) is 0.160. The van der Waals surface area contributed by atoms with Crippen LogP contribution in [0.5, 0.6) is 17.2 Å². The number of ether oxygens (including phenoxy) is 3. The van der Waals surface area contributed by atoms with Gasteiger partial charge in [0, 0.05) is 24.0 Å². The van der Waals surface area contributed by atoms with E-state index in [0.717, 1.165) is 57.9 Å². The maximum Gasteiger partial charge on any atom is 0.231 e. The summed E-state index contributed by atoms with van der Waals surface area (Å²) >= 11 is 0. The molecule has 5 rings (SSSR count). The predicted molar refractivity (Wildman–Crippen MR) is 121 cm³/mol. The zero-order valence-electron chi connectivity index (χ0n) is 17.0. The van der Waals surface area contributed by atoms with E-state index in [1.165, 1.54) is 0 Å². The third kappa shape index (κ3) is 4.11. The van der Waals surface area contributed by atoms with Crippen molar-refractivity contribution in [3.8, 4) is 28.5 Å². The van der Waals surface area contributed by atoms with Crippen LogP contribution in [-0.2, 0) is 6.54 Å². The molecule has 0 saturated heterocycles. The van der Waals surface area contributed by atoms with E-state index in [9.17, 15) is 0 Å². The molecule has 31 heavy (non-hydrogen) atoms. The zero-order chi connectivity index (χ0) is 21.0. The summed E-state index contributed by atoms with van der Waals surface area (Å²) in [5.74, 6) is 2.97. The highest BCUT2D eigenvalue weighted by Crippen LogP contribution is 2.34. The van der Waals surface area contributed by atoms with Crippen molar-refractivity contribution in [1.29, 1.82) is 0 Å². The second-order valence-electron chi connectivity index (χ2n) is 7.32. The Labute approximate surface area is 180 Å². The summed E-state index contributed by atoms with van der Waals surface area (Å²) in [6.45, 7) is 2.31. The number of pyridine rings is 1. The summed E-state index contributed by atoms with van der Waals surface area (Å²) in [4.78, 5) is 4.47. The standard InChI is InChI=1S/C25H23N3O3/c26-25-7-3-6-21(28-25)19-9-11-22(20-5-2-1-4-18(19)20)29-13-12-27-15-17-8-10-23-24(14-17)31-16-30-23/h1-11,14,27H,12-13,15-16H2,(H2,26,28). The topological polar surface area (TPSA) is 78.6 Å². The number of nitrogens with zero attached hydrogens (tertiary/aromatic N) is 1. The number of hydrogen-bond donors (Lipinski definition) is 2. The number of anilines is 1. The Hall–Kier alpha value is -3.77. The molecule has 6 heteroatoms. The lowest BCUT2D eigenvalue weighted by molar-refractivity contribution is 0.174. The number of nitrogens with one attached hydrogen (secondary N) is 1. The monoisotopic (exact) mass is 413 g/mol. The molecule has 2 heterocycles. The maximum absolute atomic E-state index is 6.09. The number of aromatic nitrogens is 1. The quantitative estimate of drug-likeness (QED) is 0.438. The van der Waals surface area contributed by atoms with Crippen molar-refractivity contribution < 1.29 is 14.2 Å². The van der Waals surface area contributed by atoms with Crippen molar-refractivity contribution in [2.45, 2.75) is 6.54 Å². The Kier molecular flexibility index (Phi) is 5.29. The van der Waals surface area contributed by atoms with Crippen LogP contribution in [0.2, 0.25) is 0 Å². The Balaban J connectivity index is 1.24. The summed E-state index contributed by atoms with van der Waals surface area (Å²) in [6.07, 6.45) is 0. The van der Waals surface area contributed by atoms with Gasteiger partial charge in [0.05, 0.1) is 5.69 Å². The van der Waals surface area contributed by atoms with Gasteiger partial charge in [-0.05, 0) is 47.3 Å². The molecular formula is C25H23N3O3. The number of rotatable bonds is 7. The molecule has 0 amide bonds. The summed E-state index contributed by atoms with van der Waals surface area (Å²) in [7, 11) is 0. The van der Waals surface area contributed by atoms with Crippen LogP contribution in [0.4, 0.5) is 5.82 Å². The van der Waals surface area contributed by atoms with Crippen molar-refractivity contribution in [3.05, 3.63) is 78.4 Å². The smallest absolute Gasteiger partial charge is 0.231 e. The average molecular weight is 413 g/mol. The van der Waals surface area contributed by atoms with Gasteiger partial charge < -0.3 is 25.3 Å². The predicted octanol–water partition coefficient (Wildman–Crippen LogP) is 4.38. The molecular weight excluding hydrogens is 390 g/mol. The highest BCUT2D eigenvalue weighted by molar-refractivity contribution is 5.99. The second-order valence-corrected chi connectivity index (χ2v) is 7.32. The maximum atomic E-state index is 6.09. The fourth-order valence-electron chi connectivity index (χ4n) is 3.74. The van der Waals surface area contributed by atoms with Crippen LogP contribution < -0.4 is 25.3 Å². The molecule has 1 aromatic heterocycles. The summed E-state index contributed by atoms with van der Waals surface area (Å²) in [5, 5.41) is 5.55. The van der Waals surface area contributed by atoms with Crippen LogP contribution in [0.25, 0.3) is 22.0 Å². The molecule has 1 aliphatic rings. The van der Waals surface area contributed by atoms with Crippen LogP contribution >= 0.6 is 0 Å². The average Bonchev–Trinajstić information content (AvgIpc) is 3.27. The van der Waals surface area contributed by atoms with E-state index < -0.39 is 0 Å². The van der Waals surface area contributed by atoms with E-state index in [0.29, 0.717) is 19.2 Å². The molecule has 0 radical (unpaired) electrons. The van der Waals surface area contributed by atoms with Crippen molar-refractivity contribution >= 4 is 16.6 Å². The molecule has 0 fully saturated rings. The lowest BCUT2D eigenvalue weighted by Crippen LogP contribution is -2.20. The molecule has 0 aliphatic carbocycles. The van der Waals surface area contributed by atoms with Crippen LogP contribution in [0.3, 0.4) is 0 Å². The van der Waals surface area contributed by atoms with Gasteiger partial charge in [-0.1, -0.05) is 36.4 Å². The number of hydrogen-bond acceptors (Lipinski definition) is 6. The van der Waals surface area contributed by atoms with Crippen LogP contribution in [0.1, 0.15) is 5.56 Å². The summed E-state index contributed by atoms with van der Waals surface area (Å²) < 4.78 is 16.9. The van der Waals surface area contributed by atoms with Crippen LogP contribution in [0.15, 0.2) is 72.8 Å². The lowest BCUT2D eigenvalue weighted by atomic mass is 10.0. The third-order valence-corrected chi connectivity index (χ3v) is 5.23. The number of nitrogens with two attached hydrogens (primary N) is 1. The highest BCUT2D eigenvalue weighted by atomic mass is 16.7. The minimum atomic E-state index is 0.292. The van der Waals surface area contributed by atoms with E-state index in [2.05, 4.69) is 22.4 Å². The largest absolute Gasteiger partial charge is 0.492 e. The molecule has 6 nitrogen and oxygen atoms in total. The van der Waals surface area contributed by atoms with Crippen LogP contribution in [-0.4, -0.2) is 24.9 Å². The van der Waals surface area contributed by atoms with E-state index in [4.69, 9.17) is 19.9 Å². The van der Waals surface area contributed by atoms with E-state index in [1.807, 2.05) is 54.6 Å². The molecule has 3 aromatic carbocycles. The first-order valence-corrected chi connectivity index (χ1v) is 10.2. The van der Waals surface area contributed by atoms with E-state index in [-0.39, 0.29) is 0 Å². The molecule has 1 aliphatic heterocycles. The van der Waals surface area contributed by atoms with Gasteiger partial charge in [0.1, 0.15) is 18.2 Å². The van der Waals surface area contributed by atoms with Gasteiger partial charge in [0.15, 0.2) is 11.5 Å². The van der Waals surface area contributed by atoms with Crippen molar-refractivity contribution in [2.24, 2.45) is 0 Å². The third-order valence-electron chi connectivity index (χ3n) is 5.23. The zero-order valence-corrected chi connectivity index (χ0v) is 17.0. The van der Waals surface area contributed by atoms with Gasteiger partial charge >= 0.3 is 0 Å². The van der Waals surface area contributed by atoms with Crippen molar-refractivity contribution in [3.63, 3.8) is 0 Å². The van der Waals surface area contributed by atoms with Gasteiger partial charge in [-0.3, -0.25) is 0 Å². The first kappa shape index (κ1) is 19.2. The molecule has 4 aromatic rings. The lowest BCUT2D eigenvalue weighted by Gasteiger charge is -2.13. The number of fused-ring (bicyclic) bond motifs is 2. The van der Waals surface area contributed by atoms with Gasteiger partial charge in [-0.15, -0.1) is 0 Å². The van der Waals surface area contributed by atoms with Crippen molar-refractivity contribution in [2.75, 3.05) is 25.7 Å². The van der Waals surface area contributed by atoms with Crippen molar-refractivity contribution in [1.82, 2.24) is 10.3 Å². The Bertz CT molecular complexity index is 1230. The van der Waals surface area contributed by atoms with E-state index >= 15 is 0 Å². The van der Waals surface area contributed by atoms with E-state index in [1.54, 1.807) is 6.07 Å². The minimum absolute atomic E-state index is 0.292. The molecule has 0 spiro atoms. The summed E-state index contributed by atoms with van der Waals surface area (Å²) in [6, 6.07) is 23.9. The Morgan fingerprint density at radius 2 is 1.77 bits per heavy atom. The van der Waals surface area contributed by atoms with Gasteiger partial charge in [0.25, 0.3) is 0 Å². The highest BCUT2D eigenvalue weighted by Gasteiger charge is 2.13. The summed E-state index contributed by atoms with van der Waals surface area (Å²) in [5.41, 5.74) is 8.92. The molecule has 3 N–H and O–H groups in total. The van der Waals surface area contributed by atoms with Crippen LogP contribution in [0, 0.1) is 0 Å². The molecule has 0 saturated carbocycles. The second kappa shape index (κ2) is 8.53. The first-order chi connectivity index (χ1) is 15.3. The number of nitrogen functional groups attached to an aromatic ring is 1.